The Kier molecular flexibility index (Phi) is 5.68. The van der Waals surface area contributed by atoms with Crippen LogP contribution >= 0.6 is 23.2 Å². The van der Waals surface area contributed by atoms with E-state index in [9.17, 15) is 0 Å². The molecular formula is C31H26Cl2Si. The molecule has 3 heteroatoms. The van der Waals surface area contributed by atoms with Gasteiger partial charge in [0.25, 0.3) is 0 Å². The molecular weight excluding hydrogens is 471 g/mol. The van der Waals surface area contributed by atoms with Crippen LogP contribution in [0.5, 0.6) is 0 Å². The molecule has 0 bridgehead atoms. The summed E-state index contributed by atoms with van der Waals surface area (Å²) in [5.41, 5.74) is 13.3. The molecule has 0 saturated heterocycles. The van der Waals surface area contributed by atoms with Gasteiger partial charge in [0.15, 0.2) is 0 Å². The predicted molar refractivity (Wildman–Crippen MR) is 148 cm³/mol. The van der Waals surface area contributed by atoms with E-state index in [2.05, 4.69) is 74.5 Å². The first kappa shape index (κ1) is 22.2. The third kappa shape index (κ3) is 3.49. The predicted octanol–water partition coefficient (Wildman–Crippen LogP) is 7.44. The van der Waals surface area contributed by atoms with Gasteiger partial charge in [0.05, 0.1) is 0 Å². The molecule has 0 aromatic heterocycles. The molecule has 168 valence electrons. The van der Waals surface area contributed by atoms with E-state index in [1.807, 2.05) is 0 Å². The Morgan fingerprint density at radius 3 is 1.91 bits per heavy atom. The van der Waals surface area contributed by atoms with Gasteiger partial charge in [-0.2, -0.15) is 0 Å². The van der Waals surface area contributed by atoms with Gasteiger partial charge >= 0.3 is 0 Å². The lowest BCUT2D eigenvalue weighted by molar-refractivity contribution is 0.798. The summed E-state index contributed by atoms with van der Waals surface area (Å²) in [7, 11) is 0.460. The molecule has 0 N–H and O–H groups in total. The first-order chi connectivity index (χ1) is 16.6. The topological polar surface area (TPSA) is 0 Å². The van der Waals surface area contributed by atoms with Crippen molar-refractivity contribution in [3.05, 3.63) is 104 Å². The zero-order chi connectivity index (χ0) is 23.4. The van der Waals surface area contributed by atoms with Gasteiger partial charge in [-0.25, -0.2) is 0 Å². The Hall–Kier alpha value is -2.32. The van der Waals surface area contributed by atoms with E-state index >= 15 is 0 Å². The molecule has 2 radical (unpaired) electrons. The molecule has 0 aliphatic heterocycles. The minimum atomic E-state index is 0.460. The van der Waals surface area contributed by atoms with E-state index in [0.29, 0.717) is 9.52 Å². The van der Waals surface area contributed by atoms with Crippen LogP contribution < -0.4 is 10.4 Å². The van der Waals surface area contributed by atoms with Crippen LogP contribution in [0.1, 0.15) is 53.1 Å². The molecule has 0 saturated carbocycles. The van der Waals surface area contributed by atoms with Crippen molar-refractivity contribution in [1.29, 1.82) is 0 Å². The molecule has 0 amide bonds. The lowest BCUT2D eigenvalue weighted by Crippen LogP contribution is -2.34. The molecule has 0 unspecified atom stereocenters. The Bertz CT molecular complexity index is 1450. The van der Waals surface area contributed by atoms with Crippen molar-refractivity contribution in [1.82, 2.24) is 0 Å². The molecule has 2 aliphatic carbocycles. The average Bonchev–Trinajstić information content (AvgIpc) is 3.41. The Balaban J connectivity index is 1.47. The summed E-state index contributed by atoms with van der Waals surface area (Å²) >= 11 is 14.4. The zero-order valence-corrected chi connectivity index (χ0v) is 22.1. The van der Waals surface area contributed by atoms with Gasteiger partial charge in [0, 0.05) is 22.9 Å². The van der Waals surface area contributed by atoms with Gasteiger partial charge in [-0.3, -0.25) is 0 Å². The van der Waals surface area contributed by atoms with Crippen molar-refractivity contribution < 1.29 is 0 Å². The van der Waals surface area contributed by atoms with Crippen molar-refractivity contribution in [2.24, 2.45) is 0 Å². The summed E-state index contributed by atoms with van der Waals surface area (Å²) in [5.74, 6) is 0. The largest absolute Gasteiger partial charge is 0.126 e. The first-order valence-corrected chi connectivity index (χ1v) is 13.9. The second-order valence-corrected chi connectivity index (χ2v) is 11.6. The Labute approximate surface area is 214 Å². The Morgan fingerprint density at radius 2 is 1.29 bits per heavy atom. The lowest BCUT2D eigenvalue weighted by Gasteiger charge is -2.19. The van der Waals surface area contributed by atoms with Crippen LogP contribution in [0.15, 0.2) is 60.7 Å². The fourth-order valence-electron chi connectivity index (χ4n) is 5.62. The summed E-state index contributed by atoms with van der Waals surface area (Å²) < 4.78 is 0. The lowest BCUT2D eigenvalue weighted by atomic mass is 9.99. The molecule has 2 aliphatic rings. The highest BCUT2D eigenvalue weighted by Crippen LogP contribution is 2.42. The molecule has 34 heavy (non-hydrogen) atoms. The standard InChI is InChI=1S/C31H26Cl2Si/c1-3-4-9-21-17-25-23-13-8-6-11-20(23)16-27(25)29(33)31(21)34-30-18(2)14-24-22-12-7-5-10-19(22)15-26(24)28(30)32/h5-8,10-14,17H,3-4,9,15-16H2,1-2H3. The average molecular weight is 498 g/mol. The summed E-state index contributed by atoms with van der Waals surface area (Å²) in [6.07, 6.45) is 5.23. The quantitative estimate of drug-likeness (QED) is 0.217. The summed E-state index contributed by atoms with van der Waals surface area (Å²) in [6.45, 7) is 4.46. The molecule has 0 atom stereocenters. The number of rotatable bonds is 5. The van der Waals surface area contributed by atoms with E-state index in [0.717, 1.165) is 29.3 Å². The number of aryl methyl sites for hydroxylation is 2. The maximum atomic E-state index is 7.24. The van der Waals surface area contributed by atoms with Gasteiger partial charge in [0.2, 0.25) is 0 Å². The van der Waals surface area contributed by atoms with Crippen LogP contribution in [-0.2, 0) is 19.3 Å². The second-order valence-electron chi connectivity index (χ2n) is 9.56. The van der Waals surface area contributed by atoms with E-state index in [-0.39, 0.29) is 0 Å². The number of unbranched alkanes of at least 4 members (excludes halogenated alkanes) is 1. The van der Waals surface area contributed by atoms with E-state index in [1.165, 1.54) is 78.8 Å². The molecule has 4 aromatic carbocycles. The Morgan fingerprint density at radius 1 is 0.735 bits per heavy atom. The number of benzene rings is 4. The second kappa shape index (κ2) is 8.72. The highest BCUT2D eigenvalue weighted by atomic mass is 35.5. The minimum absolute atomic E-state index is 0.460. The van der Waals surface area contributed by atoms with Crippen LogP contribution in [0.25, 0.3) is 22.3 Å². The highest BCUT2D eigenvalue weighted by Gasteiger charge is 2.28. The van der Waals surface area contributed by atoms with Crippen molar-refractivity contribution in [3.63, 3.8) is 0 Å². The molecule has 4 aromatic rings. The maximum Gasteiger partial charge on any atom is 0.126 e. The van der Waals surface area contributed by atoms with Gasteiger partial charge in [-0.1, -0.05) is 97.2 Å². The summed E-state index contributed by atoms with van der Waals surface area (Å²) in [4.78, 5) is 0. The maximum absolute atomic E-state index is 7.24. The van der Waals surface area contributed by atoms with E-state index in [1.54, 1.807) is 0 Å². The fourth-order valence-corrected chi connectivity index (χ4v) is 7.91. The number of halogens is 2. The smallest absolute Gasteiger partial charge is 0.0841 e. The van der Waals surface area contributed by atoms with Gasteiger partial charge in [0.1, 0.15) is 9.52 Å². The number of hydrogen-bond donors (Lipinski definition) is 0. The molecule has 0 spiro atoms. The molecule has 0 nitrogen and oxygen atoms in total. The van der Waals surface area contributed by atoms with Gasteiger partial charge in [-0.05, 0) is 85.8 Å². The molecule has 6 rings (SSSR count). The summed E-state index contributed by atoms with van der Waals surface area (Å²) in [5, 5.41) is 4.44. The van der Waals surface area contributed by atoms with Crippen LogP contribution in [0.2, 0.25) is 10.0 Å². The van der Waals surface area contributed by atoms with Gasteiger partial charge < -0.3 is 0 Å². The summed E-state index contributed by atoms with van der Waals surface area (Å²) in [6, 6.07) is 22.2. The minimum Gasteiger partial charge on any atom is -0.0841 e. The van der Waals surface area contributed by atoms with E-state index in [4.69, 9.17) is 23.2 Å². The van der Waals surface area contributed by atoms with E-state index < -0.39 is 0 Å². The monoisotopic (exact) mass is 496 g/mol. The SMILES string of the molecule is CCCCc1cc2c(c(Cl)c1[Si]c1c(C)cc3c(c1Cl)Cc1ccccc1-3)Cc1ccccc1-2. The van der Waals surface area contributed by atoms with Crippen molar-refractivity contribution >= 4 is 43.1 Å². The number of fused-ring (bicyclic) bond motifs is 6. The third-order valence-electron chi connectivity index (χ3n) is 7.41. The van der Waals surface area contributed by atoms with Crippen molar-refractivity contribution in [2.75, 3.05) is 0 Å². The van der Waals surface area contributed by atoms with Crippen molar-refractivity contribution in [2.45, 2.75) is 46.0 Å². The fraction of sp³-hybridized carbons (Fsp3) is 0.226. The van der Waals surface area contributed by atoms with Gasteiger partial charge in [-0.15, -0.1) is 0 Å². The van der Waals surface area contributed by atoms with Crippen molar-refractivity contribution in [3.8, 4) is 22.3 Å². The normalized spacial score (nSPS) is 12.9. The molecule has 0 heterocycles. The van der Waals surface area contributed by atoms with Crippen LogP contribution in [0.4, 0.5) is 0 Å². The number of hydrogen-bond acceptors (Lipinski definition) is 0. The zero-order valence-electron chi connectivity index (χ0n) is 19.6. The third-order valence-corrected chi connectivity index (χ3v) is 10.3. The molecule has 0 fully saturated rings. The van der Waals surface area contributed by atoms with Crippen LogP contribution in [0.3, 0.4) is 0 Å². The highest BCUT2D eigenvalue weighted by molar-refractivity contribution is 6.73. The first-order valence-electron chi connectivity index (χ1n) is 12.2. The van der Waals surface area contributed by atoms with Crippen LogP contribution in [-0.4, -0.2) is 9.52 Å². The van der Waals surface area contributed by atoms with Crippen LogP contribution in [0, 0.1) is 6.92 Å².